The molecule has 6 rings (SSSR count). The summed E-state index contributed by atoms with van der Waals surface area (Å²) in [5.74, 6) is 0. The summed E-state index contributed by atoms with van der Waals surface area (Å²) in [6.07, 6.45) is 2.77. The van der Waals surface area contributed by atoms with Crippen LogP contribution < -0.4 is 20.7 Å². The largest absolute Gasteiger partial charge is 0.369 e. The van der Waals surface area contributed by atoms with E-state index in [1.165, 1.54) is 0 Å². The average molecular weight is 554 g/mol. The summed E-state index contributed by atoms with van der Waals surface area (Å²) < 4.78 is 30.3. The van der Waals surface area contributed by atoms with Gasteiger partial charge >= 0.3 is 0 Å². The quantitative estimate of drug-likeness (QED) is 0.367. The maximum Gasteiger partial charge on any atom is 0.265 e. The number of hydrogen-bond donors (Lipinski definition) is 3. The van der Waals surface area contributed by atoms with Gasteiger partial charge < -0.3 is 11.1 Å². The van der Waals surface area contributed by atoms with Gasteiger partial charge in [0, 0.05) is 22.6 Å². The second-order valence-corrected chi connectivity index (χ2v) is 13.1. The lowest BCUT2D eigenvalue weighted by atomic mass is 9.52. The van der Waals surface area contributed by atoms with E-state index in [2.05, 4.69) is 35.8 Å². The summed E-state index contributed by atoms with van der Waals surface area (Å²) >= 11 is 0. The van der Waals surface area contributed by atoms with Gasteiger partial charge in [-0.15, -0.1) is 0 Å². The lowest BCUT2D eigenvalue weighted by Crippen LogP contribution is -2.62. The summed E-state index contributed by atoms with van der Waals surface area (Å²) in [6, 6.07) is 24.1. The highest BCUT2D eigenvalue weighted by Crippen LogP contribution is 2.65. The Bertz CT molecular complexity index is 1640. The Labute approximate surface area is 236 Å². The van der Waals surface area contributed by atoms with Gasteiger partial charge in [0.15, 0.2) is 0 Å². The molecule has 0 amide bonds. The van der Waals surface area contributed by atoms with Crippen molar-refractivity contribution in [3.05, 3.63) is 101 Å². The number of rotatable bonds is 6. The van der Waals surface area contributed by atoms with Crippen molar-refractivity contribution in [1.29, 1.82) is 5.26 Å². The van der Waals surface area contributed by atoms with E-state index in [4.69, 9.17) is 5.73 Å². The zero-order valence-electron chi connectivity index (χ0n) is 23.1. The van der Waals surface area contributed by atoms with Gasteiger partial charge in [-0.25, -0.2) is 12.7 Å². The van der Waals surface area contributed by atoms with Gasteiger partial charge in [0.25, 0.3) is 10.0 Å². The maximum atomic E-state index is 14.4. The van der Waals surface area contributed by atoms with Gasteiger partial charge in [0.1, 0.15) is 12.2 Å². The smallest absolute Gasteiger partial charge is 0.265 e. The van der Waals surface area contributed by atoms with E-state index < -0.39 is 33.1 Å². The molecule has 7 nitrogen and oxygen atoms in total. The highest BCUT2D eigenvalue weighted by atomic mass is 32.2. The molecule has 0 spiro atoms. The van der Waals surface area contributed by atoms with E-state index >= 15 is 0 Å². The number of sulfonamides is 1. The predicted octanol–water partition coefficient (Wildman–Crippen LogP) is 5.08. The molecule has 0 saturated carbocycles. The number of nitrogens with one attached hydrogen (secondary N) is 2. The molecule has 8 heteroatoms. The molecule has 3 aliphatic rings. The van der Waals surface area contributed by atoms with Crippen molar-refractivity contribution in [2.24, 2.45) is 5.73 Å². The van der Waals surface area contributed by atoms with Crippen LogP contribution in [0.1, 0.15) is 56.3 Å². The Morgan fingerprint density at radius 2 is 1.85 bits per heavy atom. The zero-order valence-corrected chi connectivity index (χ0v) is 23.9. The third-order valence-corrected chi connectivity index (χ3v) is 11.0. The number of benzene rings is 3. The van der Waals surface area contributed by atoms with Crippen LogP contribution in [0, 0.1) is 11.3 Å². The van der Waals surface area contributed by atoms with Crippen LogP contribution in [0.15, 0.2) is 89.3 Å². The Morgan fingerprint density at radius 3 is 2.55 bits per heavy atom. The Morgan fingerprint density at radius 1 is 1.12 bits per heavy atom. The summed E-state index contributed by atoms with van der Waals surface area (Å²) in [5, 5.41) is 17.8. The van der Waals surface area contributed by atoms with Crippen LogP contribution in [0.5, 0.6) is 0 Å². The highest BCUT2D eigenvalue weighted by molar-refractivity contribution is 7.92. The molecule has 3 heterocycles. The lowest BCUT2D eigenvalue weighted by molar-refractivity contribution is 0.192. The molecule has 0 unspecified atom stereocenters. The molecule has 206 valence electrons. The molecule has 4 N–H and O–H groups in total. The fourth-order valence-corrected chi connectivity index (χ4v) is 9.48. The summed E-state index contributed by atoms with van der Waals surface area (Å²) in [5.41, 5.74) is 10.9. The topological polar surface area (TPSA) is 111 Å². The van der Waals surface area contributed by atoms with Crippen LogP contribution in [0.2, 0.25) is 0 Å². The third-order valence-electron chi connectivity index (χ3n) is 9.17. The van der Waals surface area contributed by atoms with E-state index in [0.717, 1.165) is 28.0 Å². The summed E-state index contributed by atoms with van der Waals surface area (Å²) in [6.45, 7) is 6.80. The van der Waals surface area contributed by atoms with Crippen LogP contribution in [0.25, 0.3) is 0 Å². The molecule has 3 aromatic carbocycles. The van der Waals surface area contributed by atoms with Crippen molar-refractivity contribution < 1.29 is 8.42 Å². The standard InChI is InChI=1S/C32H35N5O2S/c1-4-31(28(20-33)36-26-15-10-13-23(29(26)31)25(34)19-21(2)3)32-17-18-35-30(32)37(27-16-9-8-14-24(27)32)40(38,39)22-11-6-5-7-12-22/h5-16,19,25,28,30,35-36H,4,17-18,34H2,1-3H3/t25-,28-,30+,31-,32+/m1/s1. The van der Waals surface area contributed by atoms with Gasteiger partial charge in [-0.3, -0.25) is 5.32 Å². The Hall–Kier alpha value is -3.64. The van der Waals surface area contributed by atoms with Crippen molar-refractivity contribution in [3.63, 3.8) is 0 Å². The Balaban J connectivity index is 1.67. The number of anilines is 2. The number of allylic oxidation sites excluding steroid dienone is 1. The second-order valence-electron chi connectivity index (χ2n) is 11.3. The van der Waals surface area contributed by atoms with E-state index in [1.54, 1.807) is 28.6 Å². The molecule has 3 aliphatic heterocycles. The minimum absolute atomic E-state index is 0.243. The minimum Gasteiger partial charge on any atom is -0.369 e. The molecule has 40 heavy (non-hydrogen) atoms. The van der Waals surface area contributed by atoms with Crippen molar-refractivity contribution in [2.45, 2.75) is 67.6 Å². The molecule has 5 atom stereocenters. The maximum absolute atomic E-state index is 14.4. The average Bonchev–Trinajstić information content (AvgIpc) is 3.61. The number of nitriles is 1. The van der Waals surface area contributed by atoms with Crippen molar-refractivity contribution >= 4 is 21.4 Å². The first-order valence-electron chi connectivity index (χ1n) is 13.9. The normalized spacial score (nSPS) is 27.2. The van der Waals surface area contributed by atoms with Crippen molar-refractivity contribution in [2.75, 3.05) is 16.2 Å². The SMILES string of the molecule is CC[C@]1([C@]23CCN[C@H]2N(S(=O)(=O)c2ccccc2)c2ccccc23)c2c(cccc2[C@H](N)C=C(C)C)N[C@@H]1C#N. The van der Waals surface area contributed by atoms with Crippen LogP contribution >= 0.6 is 0 Å². The van der Waals surface area contributed by atoms with Gasteiger partial charge in [-0.05, 0) is 74.2 Å². The molecule has 3 aromatic rings. The number of para-hydroxylation sites is 1. The molecular weight excluding hydrogens is 518 g/mol. The predicted molar refractivity (Wildman–Crippen MR) is 158 cm³/mol. The van der Waals surface area contributed by atoms with Gasteiger partial charge in [-0.2, -0.15) is 5.26 Å². The molecule has 1 fully saturated rings. The molecule has 1 saturated heterocycles. The highest BCUT2D eigenvalue weighted by Gasteiger charge is 2.70. The van der Waals surface area contributed by atoms with E-state index in [0.29, 0.717) is 25.1 Å². The number of hydrogen-bond acceptors (Lipinski definition) is 6. The van der Waals surface area contributed by atoms with Crippen molar-refractivity contribution in [3.8, 4) is 6.07 Å². The first kappa shape index (κ1) is 26.6. The number of nitrogens with zero attached hydrogens (tertiary/aromatic N) is 2. The van der Waals surface area contributed by atoms with E-state index in [1.807, 2.05) is 56.3 Å². The monoisotopic (exact) mass is 553 g/mol. The molecule has 0 aromatic heterocycles. The van der Waals surface area contributed by atoms with Crippen molar-refractivity contribution in [1.82, 2.24) is 5.32 Å². The van der Waals surface area contributed by atoms with Gasteiger partial charge in [0.2, 0.25) is 0 Å². The summed E-state index contributed by atoms with van der Waals surface area (Å²) in [7, 11) is -3.92. The van der Waals surface area contributed by atoms with Crippen LogP contribution in [-0.4, -0.2) is 27.2 Å². The molecular formula is C32H35N5O2S. The summed E-state index contributed by atoms with van der Waals surface area (Å²) in [4.78, 5) is 0.243. The second kappa shape index (κ2) is 9.48. The van der Waals surface area contributed by atoms with E-state index in [9.17, 15) is 13.7 Å². The number of nitrogens with two attached hydrogens (primary N) is 1. The fourth-order valence-electron chi connectivity index (χ4n) is 7.80. The van der Waals surface area contributed by atoms with Gasteiger partial charge in [-0.1, -0.05) is 67.1 Å². The molecule has 0 bridgehead atoms. The first-order valence-corrected chi connectivity index (χ1v) is 15.3. The van der Waals surface area contributed by atoms with Crippen LogP contribution in [0.3, 0.4) is 0 Å². The zero-order chi connectivity index (χ0) is 28.3. The number of fused-ring (bicyclic) bond motifs is 4. The Kier molecular flexibility index (Phi) is 6.30. The van der Waals surface area contributed by atoms with E-state index in [-0.39, 0.29) is 10.9 Å². The molecule has 0 aliphatic carbocycles. The van der Waals surface area contributed by atoms with Gasteiger partial charge in [0.05, 0.1) is 16.7 Å². The molecule has 0 radical (unpaired) electrons. The third kappa shape index (κ3) is 3.38. The van der Waals surface area contributed by atoms with Crippen LogP contribution in [-0.2, 0) is 20.9 Å². The van der Waals surface area contributed by atoms with Crippen LogP contribution in [0.4, 0.5) is 11.4 Å². The fraction of sp³-hybridized carbons (Fsp3) is 0.344. The minimum atomic E-state index is -3.92. The lowest BCUT2D eigenvalue weighted by Gasteiger charge is -2.49. The first-order chi connectivity index (χ1) is 19.2.